The van der Waals surface area contributed by atoms with Crippen molar-refractivity contribution in [2.45, 2.75) is 43.7 Å². The van der Waals surface area contributed by atoms with Crippen molar-refractivity contribution in [2.75, 3.05) is 18.4 Å². The topological polar surface area (TPSA) is 65.5 Å². The summed E-state index contributed by atoms with van der Waals surface area (Å²) in [5.41, 5.74) is 2.79. The van der Waals surface area contributed by atoms with Gasteiger partial charge in [0, 0.05) is 29.2 Å². The SMILES string of the molecule is Cc1ccccc1C1(C(=O)Nc2ncc(C(c3ccccc3Cl)N3CC[C@@H](O)C3)s2)CC1. The van der Waals surface area contributed by atoms with Crippen molar-refractivity contribution in [3.8, 4) is 0 Å². The molecule has 1 aliphatic heterocycles. The normalized spacial score (nSPS) is 20.8. The Labute approximate surface area is 197 Å². The molecule has 0 radical (unpaired) electrons. The van der Waals surface area contributed by atoms with E-state index in [0.717, 1.165) is 47.4 Å². The Balaban J connectivity index is 1.41. The lowest BCUT2D eigenvalue weighted by Gasteiger charge is -2.27. The van der Waals surface area contributed by atoms with Gasteiger partial charge in [0.15, 0.2) is 5.13 Å². The van der Waals surface area contributed by atoms with Crippen molar-refractivity contribution >= 4 is 34.0 Å². The summed E-state index contributed by atoms with van der Waals surface area (Å²) in [6.45, 7) is 3.43. The van der Waals surface area contributed by atoms with Gasteiger partial charge in [-0.1, -0.05) is 65.4 Å². The van der Waals surface area contributed by atoms with Crippen molar-refractivity contribution in [3.63, 3.8) is 0 Å². The van der Waals surface area contributed by atoms with Crippen LogP contribution in [-0.4, -0.2) is 40.1 Å². The van der Waals surface area contributed by atoms with Gasteiger partial charge in [-0.3, -0.25) is 9.69 Å². The molecule has 0 spiro atoms. The molecule has 7 heteroatoms. The quantitative estimate of drug-likeness (QED) is 0.539. The predicted octanol–water partition coefficient (Wildman–Crippen LogP) is 4.93. The number of aliphatic hydroxyl groups excluding tert-OH is 1. The summed E-state index contributed by atoms with van der Waals surface area (Å²) in [7, 11) is 0. The Morgan fingerprint density at radius 1 is 1.25 bits per heavy atom. The summed E-state index contributed by atoms with van der Waals surface area (Å²) < 4.78 is 0. The van der Waals surface area contributed by atoms with E-state index < -0.39 is 5.41 Å². The number of aryl methyl sites for hydroxylation is 1. The molecule has 2 aliphatic rings. The van der Waals surface area contributed by atoms with E-state index in [4.69, 9.17) is 11.6 Å². The number of amides is 1. The number of carbonyl (C=O) groups excluding carboxylic acids is 1. The third-order valence-corrected chi connectivity index (χ3v) is 7.93. The van der Waals surface area contributed by atoms with Gasteiger partial charge in [0.1, 0.15) is 0 Å². The average molecular weight is 468 g/mol. The number of hydrogen-bond donors (Lipinski definition) is 2. The number of thiazole rings is 1. The van der Waals surface area contributed by atoms with Crippen LogP contribution in [0.15, 0.2) is 54.7 Å². The van der Waals surface area contributed by atoms with Gasteiger partial charge in [-0.15, -0.1) is 0 Å². The number of nitrogens with one attached hydrogen (secondary N) is 1. The molecule has 32 heavy (non-hydrogen) atoms. The van der Waals surface area contributed by atoms with Crippen molar-refractivity contribution in [2.24, 2.45) is 0 Å². The first-order valence-electron chi connectivity index (χ1n) is 11.0. The van der Waals surface area contributed by atoms with Crippen LogP contribution in [0.2, 0.25) is 5.02 Å². The Morgan fingerprint density at radius 3 is 2.69 bits per heavy atom. The van der Waals surface area contributed by atoms with E-state index >= 15 is 0 Å². The van der Waals surface area contributed by atoms with E-state index in [-0.39, 0.29) is 18.1 Å². The number of nitrogens with zero attached hydrogens (tertiary/aromatic N) is 2. The first-order chi connectivity index (χ1) is 15.5. The highest BCUT2D eigenvalue weighted by atomic mass is 35.5. The fourth-order valence-electron chi connectivity index (χ4n) is 4.77. The Bertz CT molecular complexity index is 1140. The van der Waals surface area contributed by atoms with Crippen LogP contribution >= 0.6 is 22.9 Å². The molecular weight excluding hydrogens is 442 g/mol. The maximum atomic E-state index is 13.2. The van der Waals surface area contributed by atoms with Gasteiger partial charge in [-0.25, -0.2) is 4.98 Å². The minimum Gasteiger partial charge on any atom is -0.392 e. The second kappa shape index (κ2) is 8.60. The lowest BCUT2D eigenvalue weighted by Crippen LogP contribution is -2.28. The number of aromatic nitrogens is 1. The predicted molar refractivity (Wildman–Crippen MR) is 128 cm³/mol. The van der Waals surface area contributed by atoms with E-state index in [1.807, 2.05) is 42.6 Å². The van der Waals surface area contributed by atoms with Gasteiger partial charge >= 0.3 is 0 Å². The van der Waals surface area contributed by atoms with Crippen LogP contribution in [0.1, 0.15) is 46.9 Å². The Hall–Kier alpha value is -2.25. The van der Waals surface area contributed by atoms with E-state index in [0.29, 0.717) is 16.7 Å². The molecule has 166 valence electrons. The largest absolute Gasteiger partial charge is 0.392 e. The number of anilines is 1. The van der Waals surface area contributed by atoms with Crippen LogP contribution in [0, 0.1) is 6.92 Å². The fourth-order valence-corrected chi connectivity index (χ4v) is 5.98. The van der Waals surface area contributed by atoms with Gasteiger partial charge < -0.3 is 10.4 Å². The molecule has 1 aliphatic carbocycles. The molecule has 1 aromatic heterocycles. The molecule has 2 fully saturated rings. The van der Waals surface area contributed by atoms with Crippen LogP contribution in [-0.2, 0) is 10.2 Å². The summed E-state index contributed by atoms with van der Waals surface area (Å²) in [4.78, 5) is 21.0. The number of aliphatic hydroxyl groups is 1. The van der Waals surface area contributed by atoms with Crippen LogP contribution in [0.3, 0.4) is 0 Å². The van der Waals surface area contributed by atoms with Crippen LogP contribution < -0.4 is 5.32 Å². The zero-order chi connectivity index (χ0) is 22.3. The van der Waals surface area contributed by atoms with Crippen molar-refractivity contribution in [3.05, 3.63) is 81.3 Å². The minimum absolute atomic E-state index is 0.0126. The lowest BCUT2D eigenvalue weighted by atomic mass is 9.91. The average Bonchev–Trinajstić information content (AvgIpc) is 3.28. The standard InChI is InChI=1S/C25H26ClN3O2S/c1-16-6-2-4-8-19(16)25(11-12-25)23(31)28-24-27-14-21(32-24)22(29-13-10-17(30)15-29)18-7-3-5-9-20(18)26/h2-9,14,17,22,30H,10-13,15H2,1H3,(H,27,28,31)/t17-,22?/m1/s1. The second-order valence-corrected chi connectivity index (χ2v) is 10.2. The molecule has 2 heterocycles. The van der Waals surface area contributed by atoms with E-state index in [1.54, 1.807) is 0 Å². The number of halogens is 1. The molecule has 5 rings (SSSR count). The van der Waals surface area contributed by atoms with Gasteiger partial charge in [0.2, 0.25) is 5.91 Å². The zero-order valence-electron chi connectivity index (χ0n) is 17.9. The maximum Gasteiger partial charge on any atom is 0.236 e. The monoisotopic (exact) mass is 467 g/mol. The van der Waals surface area contributed by atoms with Crippen LogP contribution in [0.5, 0.6) is 0 Å². The molecule has 2 aromatic carbocycles. The summed E-state index contributed by atoms with van der Waals surface area (Å²) in [6, 6.07) is 15.8. The maximum absolute atomic E-state index is 13.2. The molecule has 1 amide bonds. The molecule has 0 bridgehead atoms. The molecule has 1 saturated carbocycles. The minimum atomic E-state index is -0.446. The van der Waals surface area contributed by atoms with Crippen molar-refractivity contribution in [1.82, 2.24) is 9.88 Å². The Kier molecular flexibility index (Phi) is 5.80. The molecule has 1 saturated heterocycles. The number of carbonyl (C=O) groups is 1. The second-order valence-electron chi connectivity index (χ2n) is 8.78. The molecule has 2 atom stereocenters. The van der Waals surface area contributed by atoms with Gasteiger partial charge in [0.05, 0.1) is 17.6 Å². The highest BCUT2D eigenvalue weighted by molar-refractivity contribution is 7.15. The number of β-amino-alcohol motifs (C(OH)–C–C–N with tert-alkyl or cyclic N) is 1. The Morgan fingerprint density at radius 2 is 2.00 bits per heavy atom. The van der Waals surface area contributed by atoms with E-state index in [2.05, 4.69) is 34.3 Å². The first-order valence-corrected chi connectivity index (χ1v) is 12.2. The van der Waals surface area contributed by atoms with Crippen LogP contribution in [0.4, 0.5) is 5.13 Å². The van der Waals surface area contributed by atoms with Gasteiger partial charge in [-0.2, -0.15) is 0 Å². The highest BCUT2D eigenvalue weighted by Crippen LogP contribution is 2.50. The summed E-state index contributed by atoms with van der Waals surface area (Å²) in [5, 5.41) is 14.5. The molecular formula is C25H26ClN3O2S. The molecule has 5 nitrogen and oxygen atoms in total. The van der Waals surface area contributed by atoms with E-state index in [9.17, 15) is 9.90 Å². The van der Waals surface area contributed by atoms with Crippen LogP contribution in [0.25, 0.3) is 0 Å². The van der Waals surface area contributed by atoms with Gasteiger partial charge in [-0.05, 0) is 48.9 Å². The molecule has 1 unspecified atom stereocenters. The summed E-state index contributed by atoms with van der Waals surface area (Å²) in [6.07, 6.45) is 3.94. The first kappa shape index (κ1) is 21.6. The smallest absolute Gasteiger partial charge is 0.236 e. The third kappa shape index (κ3) is 3.97. The number of benzene rings is 2. The fraction of sp³-hybridized carbons (Fsp3) is 0.360. The highest BCUT2D eigenvalue weighted by Gasteiger charge is 2.52. The lowest BCUT2D eigenvalue weighted by molar-refractivity contribution is -0.118. The summed E-state index contributed by atoms with van der Waals surface area (Å²) in [5.74, 6) is 0.0126. The van der Waals surface area contributed by atoms with Crippen molar-refractivity contribution < 1.29 is 9.90 Å². The number of rotatable bonds is 6. The number of hydrogen-bond acceptors (Lipinski definition) is 5. The van der Waals surface area contributed by atoms with Gasteiger partial charge in [0.25, 0.3) is 0 Å². The summed E-state index contributed by atoms with van der Waals surface area (Å²) >= 11 is 8.03. The molecule has 2 N–H and O–H groups in total. The van der Waals surface area contributed by atoms with E-state index in [1.165, 1.54) is 11.3 Å². The van der Waals surface area contributed by atoms with Crippen molar-refractivity contribution in [1.29, 1.82) is 0 Å². The number of likely N-dealkylation sites (tertiary alicyclic amines) is 1. The zero-order valence-corrected chi connectivity index (χ0v) is 19.5. The molecule has 3 aromatic rings. The third-order valence-electron chi connectivity index (χ3n) is 6.62.